The summed E-state index contributed by atoms with van der Waals surface area (Å²) in [5.41, 5.74) is 9.80. The lowest BCUT2D eigenvalue weighted by molar-refractivity contribution is -0.120. The number of nitrogens with two attached hydrogens (primary N) is 1. The normalized spacial score (nSPS) is 23.5. The number of fused-ring (bicyclic) bond motifs is 1. The van der Waals surface area contributed by atoms with E-state index in [1.165, 1.54) is 5.57 Å². The molecule has 30 heavy (non-hydrogen) atoms. The van der Waals surface area contributed by atoms with Crippen molar-refractivity contribution in [3.63, 3.8) is 0 Å². The molecule has 1 fully saturated rings. The molecule has 1 aliphatic carbocycles. The number of rotatable bonds is 4. The highest BCUT2D eigenvalue weighted by Gasteiger charge is 2.40. The van der Waals surface area contributed by atoms with Gasteiger partial charge in [-0.2, -0.15) is 5.10 Å². The Morgan fingerprint density at radius 2 is 2.20 bits per heavy atom. The van der Waals surface area contributed by atoms with Gasteiger partial charge in [-0.05, 0) is 30.8 Å². The van der Waals surface area contributed by atoms with Crippen molar-refractivity contribution in [3.05, 3.63) is 47.2 Å². The molecule has 10 nitrogen and oxygen atoms in total. The number of ether oxygens (including phenoxy) is 1. The molecule has 156 valence electrons. The fourth-order valence-corrected chi connectivity index (χ4v) is 4.70. The number of carbonyl (C=O) groups is 1. The van der Waals surface area contributed by atoms with E-state index in [0.717, 1.165) is 67.6 Å². The first-order chi connectivity index (χ1) is 14.7. The van der Waals surface area contributed by atoms with Crippen molar-refractivity contribution in [2.75, 3.05) is 19.7 Å². The first kappa shape index (κ1) is 17.5. The zero-order chi connectivity index (χ0) is 20.2. The molecule has 3 N–H and O–H groups in total. The molecule has 0 radical (unpaired) electrons. The Hall–Kier alpha value is -3.30. The first-order valence-electron chi connectivity index (χ1n) is 10.5. The van der Waals surface area contributed by atoms with Gasteiger partial charge in [-0.3, -0.25) is 4.79 Å². The van der Waals surface area contributed by atoms with Crippen LogP contribution in [0.15, 0.2) is 46.3 Å². The number of hydrogen-bond donors (Lipinski definition) is 2. The Bertz CT molecular complexity index is 1030. The smallest absolute Gasteiger partial charge is 0.240 e. The number of nitrogens with one attached hydrogen (secondary N) is 1. The summed E-state index contributed by atoms with van der Waals surface area (Å²) in [7, 11) is 0. The van der Waals surface area contributed by atoms with E-state index in [-0.39, 0.29) is 11.9 Å². The second-order valence-electron chi connectivity index (χ2n) is 8.35. The van der Waals surface area contributed by atoms with E-state index < -0.39 is 0 Å². The first-order valence-corrected chi connectivity index (χ1v) is 10.5. The summed E-state index contributed by atoms with van der Waals surface area (Å²) in [4.78, 5) is 25.7. The van der Waals surface area contributed by atoms with E-state index >= 15 is 0 Å². The van der Waals surface area contributed by atoms with Crippen LogP contribution in [0.4, 0.5) is 0 Å². The minimum atomic E-state index is -0.378. The number of nitrogens with zero attached hydrogens (tertiary/aromatic N) is 6. The molecular weight excluding hydrogens is 384 g/mol. The Labute approximate surface area is 173 Å². The molecule has 5 aliphatic rings. The fourth-order valence-electron chi connectivity index (χ4n) is 4.70. The minimum Gasteiger partial charge on any atom is -0.495 e. The van der Waals surface area contributed by atoms with Crippen molar-refractivity contribution in [1.82, 2.24) is 29.9 Å². The summed E-state index contributed by atoms with van der Waals surface area (Å²) in [6.07, 6.45) is 8.19. The largest absolute Gasteiger partial charge is 0.495 e. The standard InChI is InChI=1S/C20H24N8O2/c21-19(29)17(12-1-2-12)25-15-10-30-9-13-3-4-27-18(13)14(15)7-22-20(27)26-5-6-28-16(8-26)23-11-24-28/h7,10-12,17,25H,1-6,8-9H2,(H2,21,29). The Balaban J connectivity index is 1.33. The highest BCUT2D eigenvalue weighted by molar-refractivity contribution is 5.87. The molecule has 10 heteroatoms. The van der Waals surface area contributed by atoms with Gasteiger partial charge in [0.1, 0.15) is 31.1 Å². The van der Waals surface area contributed by atoms with E-state index in [9.17, 15) is 4.79 Å². The molecule has 1 amide bonds. The molecule has 0 aromatic carbocycles. The molecule has 1 aromatic heterocycles. The topological polar surface area (TPSA) is 114 Å². The quantitative estimate of drug-likeness (QED) is 0.723. The maximum Gasteiger partial charge on any atom is 0.240 e. The zero-order valence-electron chi connectivity index (χ0n) is 16.6. The number of hydrogen-bond acceptors (Lipinski definition) is 8. The lowest BCUT2D eigenvalue weighted by Crippen LogP contribution is -2.48. The third-order valence-electron chi connectivity index (χ3n) is 6.40. The number of primary amides is 1. The second kappa shape index (κ2) is 6.61. The van der Waals surface area contributed by atoms with E-state index in [2.05, 4.69) is 25.2 Å². The van der Waals surface area contributed by atoms with Crippen LogP contribution < -0.4 is 11.1 Å². The molecule has 0 spiro atoms. The predicted molar refractivity (Wildman–Crippen MR) is 107 cm³/mol. The van der Waals surface area contributed by atoms with Crippen LogP contribution in [0.25, 0.3) is 0 Å². The van der Waals surface area contributed by atoms with Crippen molar-refractivity contribution >= 4 is 11.9 Å². The maximum absolute atomic E-state index is 12.0. The average molecular weight is 408 g/mol. The third kappa shape index (κ3) is 2.78. The van der Waals surface area contributed by atoms with Crippen molar-refractivity contribution in [2.45, 2.75) is 38.4 Å². The van der Waals surface area contributed by atoms with Gasteiger partial charge in [-0.1, -0.05) is 0 Å². The van der Waals surface area contributed by atoms with E-state index in [1.807, 2.05) is 10.9 Å². The SMILES string of the molecule is NC(=O)C(NC1=COCC2=C3C1=CN=C(N1CCn4ncnc4C1)N3CC2)C1CC1. The molecule has 6 rings (SSSR count). The number of aliphatic imine (C=N–C) groups is 1. The van der Waals surface area contributed by atoms with Crippen LogP contribution in [0.5, 0.6) is 0 Å². The van der Waals surface area contributed by atoms with Gasteiger partial charge in [0.15, 0.2) is 0 Å². The van der Waals surface area contributed by atoms with Crippen LogP contribution in [-0.2, 0) is 22.6 Å². The monoisotopic (exact) mass is 408 g/mol. The van der Waals surface area contributed by atoms with E-state index in [1.54, 1.807) is 12.6 Å². The van der Waals surface area contributed by atoms with Gasteiger partial charge in [0.25, 0.3) is 0 Å². The maximum atomic E-state index is 12.0. The van der Waals surface area contributed by atoms with Gasteiger partial charge < -0.3 is 25.6 Å². The number of amides is 1. The lowest BCUT2D eigenvalue weighted by atomic mass is 10.0. The van der Waals surface area contributed by atoms with Crippen molar-refractivity contribution in [3.8, 4) is 0 Å². The molecule has 1 unspecified atom stereocenters. The molecule has 1 saturated carbocycles. The molecule has 1 atom stereocenters. The molecule has 1 aromatic rings. The Morgan fingerprint density at radius 3 is 3.03 bits per heavy atom. The van der Waals surface area contributed by atoms with Crippen LogP contribution in [0.1, 0.15) is 25.1 Å². The highest BCUT2D eigenvalue weighted by atomic mass is 16.5. The molecule has 4 aliphatic heterocycles. The van der Waals surface area contributed by atoms with E-state index in [4.69, 9.17) is 15.5 Å². The van der Waals surface area contributed by atoms with Crippen molar-refractivity contribution in [1.29, 1.82) is 0 Å². The molecule has 0 saturated heterocycles. The summed E-state index contributed by atoms with van der Waals surface area (Å²) in [6.45, 7) is 3.72. The summed E-state index contributed by atoms with van der Waals surface area (Å²) in [5, 5.41) is 7.62. The van der Waals surface area contributed by atoms with Crippen LogP contribution in [0.3, 0.4) is 0 Å². The summed E-state index contributed by atoms with van der Waals surface area (Å²) < 4.78 is 7.78. The van der Waals surface area contributed by atoms with Gasteiger partial charge in [0.2, 0.25) is 11.9 Å². The average Bonchev–Trinajstić information content (AvgIpc) is 3.36. The Morgan fingerprint density at radius 1 is 1.30 bits per heavy atom. The fraction of sp³-hybridized carbons (Fsp3) is 0.500. The summed E-state index contributed by atoms with van der Waals surface area (Å²) in [5.74, 6) is 1.87. The number of aromatic nitrogens is 3. The van der Waals surface area contributed by atoms with Crippen molar-refractivity contribution < 1.29 is 9.53 Å². The van der Waals surface area contributed by atoms with Gasteiger partial charge in [-0.15, -0.1) is 0 Å². The van der Waals surface area contributed by atoms with Crippen LogP contribution in [-0.4, -0.2) is 62.2 Å². The molecule has 5 heterocycles. The minimum absolute atomic E-state index is 0.300. The van der Waals surface area contributed by atoms with Gasteiger partial charge >= 0.3 is 0 Å². The summed E-state index contributed by atoms with van der Waals surface area (Å²) in [6, 6.07) is -0.378. The van der Waals surface area contributed by atoms with Gasteiger partial charge in [0, 0.05) is 24.9 Å². The van der Waals surface area contributed by atoms with Crippen LogP contribution >= 0.6 is 0 Å². The van der Waals surface area contributed by atoms with Crippen molar-refractivity contribution in [2.24, 2.45) is 16.6 Å². The van der Waals surface area contributed by atoms with Crippen LogP contribution in [0, 0.1) is 5.92 Å². The summed E-state index contributed by atoms with van der Waals surface area (Å²) >= 11 is 0. The third-order valence-corrected chi connectivity index (χ3v) is 6.40. The number of carbonyl (C=O) groups excluding carboxylic acids is 1. The molecule has 0 bridgehead atoms. The predicted octanol–water partition coefficient (Wildman–Crippen LogP) is 0.0321. The van der Waals surface area contributed by atoms with Gasteiger partial charge in [-0.25, -0.2) is 14.7 Å². The van der Waals surface area contributed by atoms with E-state index in [0.29, 0.717) is 19.1 Å². The Kier molecular flexibility index (Phi) is 3.87. The number of guanidine groups is 1. The lowest BCUT2D eigenvalue weighted by Gasteiger charge is -2.37. The second-order valence-corrected chi connectivity index (χ2v) is 8.35. The van der Waals surface area contributed by atoms with Crippen LogP contribution in [0.2, 0.25) is 0 Å². The molecular formula is C20H24N8O2. The zero-order valence-corrected chi connectivity index (χ0v) is 16.6. The van der Waals surface area contributed by atoms with Gasteiger partial charge in [0.05, 0.1) is 24.5 Å². The highest BCUT2D eigenvalue weighted by Crippen LogP contribution is 2.39.